The van der Waals surface area contributed by atoms with Crippen molar-refractivity contribution in [3.8, 4) is 0 Å². The summed E-state index contributed by atoms with van der Waals surface area (Å²) in [5.41, 5.74) is 3.20. The summed E-state index contributed by atoms with van der Waals surface area (Å²) in [6.45, 7) is 7.24. The Bertz CT molecular complexity index is 1500. The van der Waals surface area contributed by atoms with Crippen LogP contribution < -0.4 is 10.0 Å². The smallest absolute Gasteiger partial charge is 0.341 e. The van der Waals surface area contributed by atoms with Crippen molar-refractivity contribution in [2.75, 3.05) is 16.6 Å². The minimum atomic E-state index is -3.87. The van der Waals surface area contributed by atoms with Gasteiger partial charge in [-0.1, -0.05) is 0 Å². The summed E-state index contributed by atoms with van der Waals surface area (Å²) in [4.78, 5) is 29.6. The average Bonchev–Trinajstić information content (AvgIpc) is 2.78. The molecule has 0 fully saturated rings. The minimum Gasteiger partial charge on any atom is -0.462 e. The standard InChI is InChI=1S/C24H24N6O4S/c1-5-34-24(31)20-13-25-23-19(11-6-14(2)27-23)22(20)29-17-7-9-18(10-8-17)35(32,33)30-21-12-15(3)26-16(4)28-21/h6-13H,5H2,1-4H3,(H,25,27,29)(H,26,28,30). The van der Waals surface area contributed by atoms with Gasteiger partial charge in [-0.15, -0.1) is 0 Å². The van der Waals surface area contributed by atoms with Crippen molar-refractivity contribution in [1.29, 1.82) is 0 Å². The van der Waals surface area contributed by atoms with E-state index in [0.717, 1.165) is 5.69 Å². The van der Waals surface area contributed by atoms with E-state index in [1.165, 1.54) is 18.3 Å². The summed E-state index contributed by atoms with van der Waals surface area (Å²) in [6.07, 6.45) is 1.42. The van der Waals surface area contributed by atoms with Crippen LogP contribution >= 0.6 is 0 Å². The fourth-order valence-corrected chi connectivity index (χ4v) is 4.49. The van der Waals surface area contributed by atoms with Gasteiger partial charge in [0.15, 0.2) is 5.65 Å². The second-order valence-electron chi connectivity index (χ2n) is 7.79. The molecule has 0 amide bonds. The third kappa shape index (κ3) is 5.35. The normalized spacial score (nSPS) is 11.3. The van der Waals surface area contributed by atoms with Gasteiger partial charge in [-0.05, 0) is 64.1 Å². The van der Waals surface area contributed by atoms with Gasteiger partial charge < -0.3 is 10.1 Å². The van der Waals surface area contributed by atoms with E-state index in [-0.39, 0.29) is 22.9 Å². The zero-order valence-electron chi connectivity index (χ0n) is 19.7. The molecule has 0 bridgehead atoms. The van der Waals surface area contributed by atoms with E-state index in [9.17, 15) is 13.2 Å². The Morgan fingerprint density at radius 3 is 2.40 bits per heavy atom. The fourth-order valence-electron chi connectivity index (χ4n) is 3.50. The van der Waals surface area contributed by atoms with E-state index in [1.807, 2.05) is 19.1 Å². The van der Waals surface area contributed by atoms with Crippen molar-refractivity contribution in [1.82, 2.24) is 19.9 Å². The average molecular weight is 493 g/mol. The number of benzene rings is 1. The maximum absolute atomic E-state index is 12.8. The largest absolute Gasteiger partial charge is 0.462 e. The number of carbonyl (C=O) groups excluding carboxylic acids is 1. The number of sulfonamides is 1. The lowest BCUT2D eigenvalue weighted by Crippen LogP contribution is -2.15. The Morgan fingerprint density at radius 1 is 0.971 bits per heavy atom. The van der Waals surface area contributed by atoms with Gasteiger partial charge in [0.1, 0.15) is 17.2 Å². The highest BCUT2D eigenvalue weighted by atomic mass is 32.2. The van der Waals surface area contributed by atoms with Crippen LogP contribution in [-0.4, -0.2) is 40.9 Å². The Labute approximate surface area is 202 Å². The number of esters is 1. The molecule has 1 aromatic carbocycles. The maximum atomic E-state index is 12.8. The molecule has 3 aromatic heterocycles. The third-order valence-electron chi connectivity index (χ3n) is 5.00. The Hall–Kier alpha value is -4.12. The monoisotopic (exact) mass is 492 g/mol. The molecule has 2 N–H and O–H groups in total. The molecule has 0 atom stereocenters. The quantitative estimate of drug-likeness (QED) is 0.366. The van der Waals surface area contributed by atoms with Gasteiger partial charge in [0, 0.05) is 34.7 Å². The van der Waals surface area contributed by atoms with Crippen molar-refractivity contribution >= 4 is 44.2 Å². The number of aryl methyl sites for hydroxylation is 3. The van der Waals surface area contributed by atoms with Gasteiger partial charge >= 0.3 is 5.97 Å². The fraction of sp³-hybridized carbons (Fsp3) is 0.208. The molecule has 180 valence electrons. The lowest BCUT2D eigenvalue weighted by atomic mass is 10.1. The maximum Gasteiger partial charge on any atom is 0.341 e. The van der Waals surface area contributed by atoms with Crippen LogP contribution in [0, 0.1) is 20.8 Å². The molecule has 4 rings (SSSR count). The molecular formula is C24H24N6O4S. The van der Waals surface area contributed by atoms with E-state index in [0.29, 0.717) is 33.9 Å². The predicted octanol–water partition coefficient (Wildman–Crippen LogP) is 4.07. The first-order chi connectivity index (χ1) is 16.7. The molecule has 0 saturated carbocycles. The minimum absolute atomic E-state index is 0.0551. The second-order valence-corrected chi connectivity index (χ2v) is 9.47. The topological polar surface area (TPSA) is 136 Å². The highest BCUT2D eigenvalue weighted by molar-refractivity contribution is 7.92. The number of ether oxygens (including phenoxy) is 1. The van der Waals surface area contributed by atoms with E-state index in [1.54, 1.807) is 39.0 Å². The van der Waals surface area contributed by atoms with Crippen molar-refractivity contribution < 1.29 is 17.9 Å². The van der Waals surface area contributed by atoms with E-state index < -0.39 is 16.0 Å². The first-order valence-corrected chi connectivity index (χ1v) is 12.3. The summed E-state index contributed by atoms with van der Waals surface area (Å²) >= 11 is 0. The first kappa shape index (κ1) is 24.0. The Morgan fingerprint density at radius 2 is 1.71 bits per heavy atom. The lowest BCUT2D eigenvalue weighted by Gasteiger charge is -2.14. The van der Waals surface area contributed by atoms with Crippen LogP contribution in [0.1, 0.15) is 34.5 Å². The van der Waals surface area contributed by atoms with Gasteiger partial charge in [-0.3, -0.25) is 4.72 Å². The van der Waals surface area contributed by atoms with E-state index >= 15 is 0 Å². The number of aromatic nitrogens is 4. The molecule has 0 unspecified atom stereocenters. The molecular weight excluding hydrogens is 468 g/mol. The second kappa shape index (κ2) is 9.63. The molecule has 11 heteroatoms. The highest BCUT2D eigenvalue weighted by Crippen LogP contribution is 2.30. The third-order valence-corrected chi connectivity index (χ3v) is 6.37. The van der Waals surface area contributed by atoms with Crippen molar-refractivity contribution in [2.45, 2.75) is 32.6 Å². The number of hydrogen-bond donors (Lipinski definition) is 2. The van der Waals surface area contributed by atoms with Crippen molar-refractivity contribution in [3.05, 3.63) is 71.4 Å². The van der Waals surface area contributed by atoms with Gasteiger partial charge in [0.25, 0.3) is 10.0 Å². The molecule has 0 spiro atoms. The number of hydrogen-bond acceptors (Lipinski definition) is 9. The van der Waals surface area contributed by atoms with E-state index in [4.69, 9.17) is 4.74 Å². The molecule has 0 aliphatic carbocycles. The summed E-state index contributed by atoms with van der Waals surface area (Å²) < 4.78 is 33.3. The molecule has 0 saturated heterocycles. The number of pyridine rings is 2. The van der Waals surface area contributed by atoms with Crippen LogP contribution in [0.15, 0.2) is 53.6 Å². The van der Waals surface area contributed by atoms with Crippen LogP contribution in [0.3, 0.4) is 0 Å². The van der Waals surface area contributed by atoms with E-state index in [2.05, 4.69) is 30.0 Å². The van der Waals surface area contributed by atoms with Gasteiger partial charge in [-0.2, -0.15) is 0 Å². The van der Waals surface area contributed by atoms with Crippen molar-refractivity contribution in [3.63, 3.8) is 0 Å². The molecule has 35 heavy (non-hydrogen) atoms. The summed E-state index contributed by atoms with van der Waals surface area (Å²) in [5.74, 6) is 0.139. The molecule has 4 aromatic rings. The molecule has 0 aliphatic rings. The summed E-state index contributed by atoms with van der Waals surface area (Å²) in [7, 11) is -3.87. The number of fused-ring (bicyclic) bond motifs is 1. The highest BCUT2D eigenvalue weighted by Gasteiger charge is 2.19. The SMILES string of the molecule is CCOC(=O)c1cnc2nc(C)ccc2c1Nc1ccc(S(=O)(=O)Nc2cc(C)nc(C)n2)cc1. The number of nitrogens with zero attached hydrogens (tertiary/aromatic N) is 4. The number of anilines is 3. The van der Waals surface area contributed by atoms with Gasteiger partial charge in [0.05, 0.1) is 17.2 Å². The molecule has 0 aliphatic heterocycles. The zero-order chi connectivity index (χ0) is 25.2. The number of nitrogens with one attached hydrogen (secondary N) is 2. The van der Waals surface area contributed by atoms with Gasteiger partial charge in [0.2, 0.25) is 0 Å². The summed E-state index contributed by atoms with van der Waals surface area (Å²) in [5, 5.41) is 3.83. The zero-order valence-corrected chi connectivity index (χ0v) is 20.5. The molecule has 10 nitrogen and oxygen atoms in total. The van der Waals surface area contributed by atoms with Gasteiger partial charge in [-0.25, -0.2) is 33.1 Å². The van der Waals surface area contributed by atoms with Crippen LogP contribution in [-0.2, 0) is 14.8 Å². The molecule has 3 heterocycles. The van der Waals surface area contributed by atoms with Crippen molar-refractivity contribution in [2.24, 2.45) is 0 Å². The number of carbonyl (C=O) groups is 1. The Balaban J connectivity index is 1.66. The van der Waals surface area contributed by atoms with Crippen LogP contribution in [0.2, 0.25) is 0 Å². The van der Waals surface area contributed by atoms with Crippen LogP contribution in [0.5, 0.6) is 0 Å². The lowest BCUT2D eigenvalue weighted by molar-refractivity contribution is 0.0527. The summed E-state index contributed by atoms with van der Waals surface area (Å²) in [6, 6.07) is 11.3. The molecule has 0 radical (unpaired) electrons. The number of rotatable bonds is 7. The Kier molecular flexibility index (Phi) is 6.61. The first-order valence-electron chi connectivity index (χ1n) is 10.8. The van der Waals surface area contributed by atoms with Crippen LogP contribution in [0.25, 0.3) is 11.0 Å². The predicted molar refractivity (Wildman–Crippen MR) is 132 cm³/mol. The van der Waals surface area contributed by atoms with Crippen LogP contribution in [0.4, 0.5) is 17.2 Å².